The van der Waals surface area contributed by atoms with E-state index in [0.717, 1.165) is 10.6 Å². The summed E-state index contributed by atoms with van der Waals surface area (Å²) in [6, 6.07) is 9.07. The average Bonchev–Trinajstić information content (AvgIpc) is 3.07. The number of carbonyl (C=O) groups excluding carboxylic acids is 2. The van der Waals surface area contributed by atoms with Gasteiger partial charge in [-0.2, -0.15) is 0 Å². The highest BCUT2D eigenvalue weighted by atomic mass is 32.1. The van der Waals surface area contributed by atoms with E-state index in [1.54, 1.807) is 6.20 Å². The van der Waals surface area contributed by atoms with Crippen LogP contribution < -0.4 is 5.32 Å². The fourth-order valence-corrected chi connectivity index (χ4v) is 2.79. The van der Waals surface area contributed by atoms with Crippen molar-refractivity contribution < 1.29 is 14.3 Å². The second-order valence-corrected chi connectivity index (χ2v) is 5.72. The number of aryl methyl sites for hydroxylation is 1. The van der Waals surface area contributed by atoms with Crippen molar-refractivity contribution in [3.63, 3.8) is 0 Å². The summed E-state index contributed by atoms with van der Waals surface area (Å²) in [6.45, 7) is 0. The number of rotatable bonds is 7. The number of amides is 1. The van der Waals surface area contributed by atoms with E-state index in [-0.39, 0.29) is 24.3 Å². The molecule has 1 unspecified atom stereocenters. The third-order valence-corrected chi connectivity index (χ3v) is 4.14. The molecule has 0 bridgehead atoms. The van der Waals surface area contributed by atoms with Crippen molar-refractivity contribution in [1.29, 1.82) is 0 Å². The molecule has 5 nitrogen and oxygen atoms in total. The third-order valence-electron chi connectivity index (χ3n) is 3.15. The van der Waals surface area contributed by atoms with Crippen LogP contribution in [0.5, 0.6) is 0 Å². The van der Waals surface area contributed by atoms with Gasteiger partial charge in [-0.15, -0.1) is 11.3 Å². The number of pyridine rings is 1. The molecule has 0 aliphatic heterocycles. The topological polar surface area (TPSA) is 68.3 Å². The van der Waals surface area contributed by atoms with Gasteiger partial charge in [-0.3, -0.25) is 14.6 Å². The van der Waals surface area contributed by atoms with Crippen LogP contribution in [-0.2, 0) is 20.7 Å². The van der Waals surface area contributed by atoms with Crippen LogP contribution in [0, 0.1) is 0 Å². The van der Waals surface area contributed by atoms with Crippen LogP contribution in [0.4, 0.5) is 0 Å². The van der Waals surface area contributed by atoms with Gasteiger partial charge in [0.15, 0.2) is 0 Å². The Bertz CT molecular complexity index is 599. The number of thiophene rings is 1. The minimum atomic E-state index is -0.344. The SMILES string of the molecule is COC(=O)CC(NC(=O)CCc1ccccn1)c1cccs1. The molecule has 1 N–H and O–H groups in total. The summed E-state index contributed by atoms with van der Waals surface area (Å²) in [5.41, 5.74) is 0.873. The smallest absolute Gasteiger partial charge is 0.307 e. The number of nitrogens with zero attached hydrogens (tertiary/aromatic N) is 1. The van der Waals surface area contributed by atoms with E-state index >= 15 is 0 Å². The van der Waals surface area contributed by atoms with Crippen molar-refractivity contribution in [2.75, 3.05) is 7.11 Å². The molecule has 0 saturated carbocycles. The first-order chi connectivity index (χ1) is 10.7. The lowest BCUT2D eigenvalue weighted by Gasteiger charge is -2.16. The lowest BCUT2D eigenvalue weighted by molar-refractivity contribution is -0.141. The summed E-state index contributed by atoms with van der Waals surface area (Å²) >= 11 is 1.51. The maximum absolute atomic E-state index is 12.1. The van der Waals surface area contributed by atoms with Crippen LogP contribution in [0.1, 0.15) is 29.5 Å². The Labute approximate surface area is 133 Å². The molecule has 2 rings (SSSR count). The van der Waals surface area contributed by atoms with E-state index in [4.69, 9.17) is 4.74 Å². The highest BCUT2D eigenvalue weighted by Gasteiger charge is 2.19. The predicted molar refractivity (Wildman–Crippen MR) is 84.4 cm³/mol. The van der Waals surface area contributed by atoms with Crippen LogP contribution >= 0.6 is 11.3 Å². The number of aromatic nitrogens is 1. The van der Waals surface area contributed by atoms with Crippen molar-refractivity contribution in [2.24, 2.45) is 0 Å². The summed E-state index contributed by atoms with van der Waals surface area (Å²) in [5.74, 6) is -0.448. The van der Waals surface area contributed by atoms with E-state index < -0.39 is 0 Å². The van der Waals surface area contributed by atoms with Crippen molar-refractivity contribution in [3.05, 3.63) is 52.5 Å². The molecular formula is C16H18N2O3S. The predicted octanol–water partition coefficient (Wildman–Crippen LogP) is 2.50. The van der Waals surface area contributed by atoms with Crippen LogP contribution in [0.25, 0.3) is 0 Å². The first-order valence-electron chi connectivity index (χ1n) is 6.98. The normalized spacial score (nSPS) is 11.7. The highest BCUT2D eigenvalue weighted by molar-refractivity contribution is 7.10. The lowest BCUT2D eigenvalue weighted by atomic mass is 10.1. The van der Waals surface area contributed by atoms with E-state index in [0.29, 0.717) is 12.8 Å². The highest BCUT2D eigenvalue weighted by Crippen LogP contribution is 2.22. The van der Waals surface area contributed by atoms with E-state index in [9.17, 15) is 9.59 Å². The Morgan fingerprint density at radius 2 is 2.18 bits per heavy atom. The Morgan fingerprint density at radius 3 is 2.82 bits per heavy atom. The zero-order chi connectivity index (χ0) is 15.8. The quantitative estimate of drug-likeness (QED) is 0.796. The summed E-state index contributed by atoms with van der Waals surface area (Å²) in [7, 11) is 1.34. The van der Waals surface area contributed by atoms with Crippen LogP contribution in [0.15, 0.2) is 41.9 Å². The molecule has 2 heterocycles. The molecule has 0 saturated heterocycles. The third kappa shape index (κ3) is 4.96. The van der Waals surface area contributed by atoms with Crippen LogP contribution in [-0.4, -0.2) is 24.0 Å². The van der Waals surface area contributed by atoms with Gasteiger partial charge in [-0.25, -0.2) is 0 Å². The standard InChI is InChI=1S/C16H18N2O3S/c1-21-16(20)11-13(14-6-4-10-22-14)18-15(19)8-7-12-5-2-3-9-17-12/h2-6,9-10,13H,7-8,11H2,1H3,(H,18,19). The second-order valence-electron chi connectivity index (χ2n) is 4.74. The summed E-state index contributed by atoms with van der Waals surface area (Å²) in [5, 5.41) is 4.81. The van der Waals surface area contributed by atoms with E-state index in [2.05, 4.69) is 10.3 Å². The van der Waals surface area contributed by atoms with E-state index in [1.807, 2.05) is 35.7 Å². The largest absolute Gasteiger partial charge is 0.469 e. The maximum atomic E-state index is 12.1. The Balaban J connectivity index is 1.92. The molecule has 0 aliphatic carbocycles. The van der Waals surface area contributed by atoms with Gasteiger partial charge < -0.3 is 10.1 Å². The number of hydrogen-bond donors (Lipinski definition) is 1. The molecule has 1 amide bonds. The fourth-order valence-electron chi connectivity index (χ4n) is 2.02. The molecular weight excluding hydrogens is 300 g/mol. The zero-order valence-corrected chi connectivity index (χ0v) is 13.1. The average molecular weight is 318 g/mol. The molecule has 22 heavy (non-hydrogen) atoms. The van der Waals surface area contributed by atoms with Gasteiger partial charge in [0.25, 0.3) is 0 Å². The number of esters is 1. The number of methoxy groups -OCH3 is 1. The molecule has 0 aliphatic rings. The lowest BCUT2D eigenvalue weighted by Crippen LogP contribution is -2.30. The Morgan fingerprint density at radius 1 is 1.32 bits per heavy atom. The second kappa shape index (κ2) is 8.29. The van der Waals surface area contributed by atoms with E-state index in [1.165, 1.54) is 18.4 Å². The van der Waals surface area contributed by atoms with Gasteiger partial charge in [0.1, 0.15) is 0 Å². The minimum Gasteiger partial charge on any atom is -0.469 e. The monoisotopic (exact) mass is 318 g/mol. The molecule has 0 aromatic carbocycles. The molecule has 0 fully saturated rings. The maximum Gasteiger partial charge on any atom is 0.307 e. The molecule has 0 radical (unpaired) electrons. The molecule has 0 spiro atoms. The molecule has 6 heteroatoms. The van der Waals surface area contributed by atoms with Gasteiger partial charge >= 0.3 is 5.97 Å². The van der Waals surface area contributed by atoms with Crippen molar-refractivity contribution in [2.45, 2.75) is 25.3 Å². The van der Waals surface area contributed by atoms with Crippen LogP contribution in [0.2, 0.25) is 0 Å². The summed E-state index contributed by atoms with van der Waals surface area (Å²) in [6.07, 6.45) is 2.74. The van der Waals surface area contributed by atoms with Crippen molar-refractivity contribution >= 4 is 23.2 Å². The first-order valence-corrected chi connectivity index (χ1v) is 7.86. The summed E-state index contributed by atoms with van der Waals surface area (Å²) < 4.78 is 4.69. The number of ether oxygens (including phenoxy) is 1. The van der Waals surface area contributed by atoms with Gasteiger partial charge in [0.2, 0.25) is 5.91 Å². The number of nitrogens with one attached hydrogen (secondary N) is 1. The first kappa shape index (κ1) is 16.2. The zero-order valence-electron chi connectivity index (χ0n) is 12.3. The molecule has 2 aromatic heterocycles. The minimum absolute atomic E-state index is 0.104. The van der Waals surface area contributed by atoms with Crippen LogP contribution in [0.3, 0.4) is 0 Å². The fraction of sp³-hybridized carbons (Fsp3) is 0.312. The molecule has 1 atom stereocenters. The number of carbonyl (C=O) groups is 2. The van der Waals surface area contributed by atoms with Crippen molar-refractivity contribution in [1.82, 2.24) is 10.3 Å². The van der Waals surface area contributed by atoms with Gasteiger partial charge in [-0.1, -0.05) is 12.1 Å². The Kier molecular flexibility index (Phi) is 6.09. The number of hydrogen-bond acceptors (Lipinski definition) is 5. The Hall–Kier alpha value is -2.21. The van der Waals surface area contributed by atoms with Gasteiger partial charge in [-0.05, 0) is 30.0 Å². The van der Waals surface area contributed by atoms with Crippen molar-refractivity contribution in [3.8, 4) is 0 Å². The molecule has 2 aromatic rings. The van der Waals surface area contributed by atoms with Gasteiger partial charge in [0.05, 0.1) is 19.6 Å². The van der Waals surface area contributed by atoms with Gasteiger partial charge in [0, 0.05) is 23.2 Å². The summed E-state index contributed by atoms with van der Waals surface area (Å²) in [4.78, 5) is 28.7. The molecule has 116 valence electrons.